The monoisotopic (exact) mass is 241 g/mol. The molecule has 1 heterocycles. The van der Waals surface area contributed by atoms with Crippen molar-refractivity contribution >= 4 is 11.8 Å². The first-order valence-corrected chi connectivity index (χ1v) is 7.33. The molecule has 4 heteroatoms. The van der Waals surface area contributed by atoms with Crippen LogP contribution in [0.3, 0.4) is 0 Å². The fraction of sp³-hybridized carbons (Fsp3) is 0.750. The summed E-state index contributed by atoms with van der Waals surface area (Å²) < 4.78 is 2.25. The number of aromatic nitrogens is 2. The van der Waals surface area contributed by atoms with Gasteiger partial charge in [-0.2, -0.15) is 11.8 Å². The van der Waals surface area contributed by atoms with E-state index in [9.17, 15) is 0 Å². The Morgan fingerprint density at radius 3 is 3.00 bits per heavy atom. The van der Waals surface area contributed by atoms with Crippen LogP contribution in [-0.2, 0) is 13.1 Å². The van der Waals surface area contributed by atoms with E-state index in [0.29, 0.717) is 5.92 Å². The lowest BCUT2D eigenvalue weighted by molar-refractivity contribution is 0.526. The summed E-state index contributed by atoms with van der Waals surface area (Å²) in [7, 11) is 0. The van der Waals surface area contributed by atoms with E-state index < -0.39 is 0 Å². The maximum absolute atomic E-state index is 4.39. The average molecular weight is 241 g/mol. The third-order valence-electron chi connectivity index (χ3n) is 2.38. The van der Waals surface area contributed by atoms with Crippen LogP contribution in [0, 0.1) is 5.92 Å². The molecule has 0 aliphatic heterocycles. The first-order chi connectivity index (χ1) is 7.74. The van der Waals surface area contributed by atoms with Crippen LogP contribution in [0.2, 0.25) is 0 Å². The van der Waals surface area contributed by atoms with Gasteiger partial charge in [0.1, 0.15) is 5.82 Å². The molecule has 0 aromatic carbocycles. The summed E-state index contributed by atoms with van der Waals surface area (Å²) >= 11 is 1.90. The maximum Gasteiger partial charge on any atom is 0.122 e. The zero-order valence-corrected chi connectivity index (χ0v) is 11.4. The van der Waals surface area contributed by atoms with Gasteiger partial charge in [-0.1, -0.05) is 13.8 Å². The number of hydrogen-bond donors (Lipinski definition) is 1. The van der Waals surface area contributed by atoms with E-state index in [2.05, 4.69) is 41.2 Å². The molecule has 0 bridgehead atoms. The Bertz CT molecular complexity index is 284. The highest BCUT2D eigenvalue weighted by Crippen LogP contribution is 2.03. The van der Waals surface area contributed by atoms with Crippen molar-refractivity contribution in [3.8, 4) is 0 Å². The highest BCUT2D eigenvalue weighted by Gasteiger charge is 2.02. The zero-order valence-electron chi connectivity index (χ0n) is 10.6. The van der Waals surface area contributed by atoms with Gasteiger partial charge in [-0.05, 0) is 30.9 Å². The summed E-state index contributed by atoms with van der Waals surface area (Å²) in [5, 5.41) is 3.43. The second kappa shape index (κ2) is 7.74. The van der Waals surface area contributed by atoms with Gasteiger partial charge in [0.25, 0.3) is 0 Å². The lowest BCUT2D eigenvalue weighted by Crippen LogP contribution is -2.21. The van der Waals surface area contributed by atoms with E-state index in [0.717, 1.165) is 25.5 Å². The van der Waals surface area contributed by atoms with Gasteiger partial charge in [0, 0.05) is 18.9 Å². The predicted molar refractivity (Wildman–Crippen MR) is 71.8 cm³/mol. The molecule has 0 unspecified atom stereocenters. The van der Waals surface area contributed by atoms with Crippen molar-refractivity contribution in [2.75, 3.05) is 18.6 Å². The molecular weight excluding hydrogens is 218 g/mol. The second-order valence-electron chi connectivity index (χ2n) is 4.41. The molecule has 1 aromatic rings. The summed E-state index contributed by atoms with van der Waals surface area (Å²) in [5.41, 5.74) is 0. The van der Waals surface area contributed by atoms with Crippen molar-refractivity contribution in [2.45, 2.75) is 33.4 Å². The normalized spacial score (nSPS) is 11.2. The molecule has 0 saturated carbocycles. The van der Waals surface area contributed by atoms with Gasteiger partial charge in [-0.15, -0.1) is 0 Å². The topological polar surface area (TPSA) is 29.9 Å². The van der Waals surface area contributed by atoms with E-state index in [4.69, 9.17) is 0 Å². The largest absolute Gasteiger partial charge is 0.334 e. The van der Waals surface area contributed by atoms with Crippen molar-refractivity contribution in [1.29, 1.82) is 0 Å². The molecule has 0 fully saturated rings. The van der Waals surface area contributed by atoms with Crippen LogP contribution < -0.4 is 5.32 Å². The minimum Gasteiger partial charge on any atom is -0.334 e. The molecule has 0 atom stereocenters. The molecular formula is C12H23N3S. The smallest absolute Gasteiger partial charge is 0.122 e. The molecule has 0 radical (unpaired) electrons. The van der Waals surface area contributed by atoms with Gasteiger partial charge in [-0.25, -0.2) is 4.98 Å². The fourth-order valence-corrected chi connectivity index (χ4v) is 1.98. The van der Waals surface area contributed by atoms with E-state index in [1.54, 1.807) is 0 Å². The second-order valence-corrected chi connectivity index (χ2v) is 5.39. The summed E-state index contributed by atoms with van der Waals surface area (Å²) in [4.78, 5) is 4.39. The highest BCUT2D eigenvalue weighted by molar-refractivity contribution is 7.98. The highest BCUT2D eigenvalue weighted by atomic mass is 32.2. The van der Waals surface area contributed by atoms with E-state index in [1.165, 1.54) is 12.2 Å². The van der Waals surface area contributed by atoms with Crippen LogP contribution in [0.4, 0.5) is 0 Å². The fourth-order valence-electron chi connectivity index (χ4n) is 1.56. The number of aryl methyl sites for hydroxylation is 1. The Kier molecular flexibility index (Phi) is 6.57. The molecule has 0 spiro atoms. The zero-order chi connectivity index (χ0) is 11.8. The SMILES string of the molecule is CSCCCn1ccnc1CNCC(C)C. The molecule has 1 N–H and O–H groups in total. The molecule has 0 saturated heterocycles. The molecule has 1 aromatic heterocycles. The average Bonchev–Trinajstić information content (AvgIpc) is 2.66. The van der Waals surface area contributed by atoms with Crippen LogP contribution in [0.15, 0.2) is 12.4 Å². The van der Waals surface area contributed by atoms with Gasteiger partial charge in [-0.3, -0.25) is 0 Å². The Balaban J connectivity index is 2.32. The summed E-state index contributed by atoms with van der Waals surface area (Å²) in [6, 6.07) is 0. The van der Waals surface area contributed by atoms with Gasteiger partial charge < -0.3 is 9.88 Å². The van der Waals surface area contributed by atoms with Crippen LogP contribution in [-0.4, -0.2) is 28.1 Å². The first kappa shape index (κ1) is 13.6. The quantitative estimate of drug-likeness (QED) is 0.709. The number of thioether (sulfide) groups is 1. The molecule has 0 aliphatic rings. The minimum atomic E-state index is 0.694. The third kappa shape index (κ3) is 5.03. The van der Waals surface area contributed by atoms with Crippen LogP contribution in [0.5, 0.6) is 0 Å². The lowest BCUT2D eigenvalue weighted by atomic mass is 10.2. The van der Waals surface area contributed by atoms with E-state index in [1.807, 2.05) is 18.0 Å². The van der Waals surface area contributed by atoms with Crippen molar-refractivity contribution in [3.05, 3.63) is 18.2 Å². The number of nitrogens with one attached hydrogen (secondary N) is 1. The lowest BCUT2D eigenvalue weighted by Gasteiger charge is -2.09. The maximum atomic E-state index is 4.39. The van der Waals surface area contributed by atoms with Gasteiger partial charge >= 0.3 is 0 Å². The van der Waals surface area contributed by atoms with E-state index in [-0.39, 0.29) is 0 Å². The number of nitrogens with zero attached hydrogens (tertiary/aromatic N) is 2. The van der Waals surface area contributed by atoms with Gasteiger partial charge in [0.05, 0.1) is 6.54 Å². The van der Waals surface area contributed by atoms with Crippen molar-refractivity contribution in [2.24, 2.45) is 5.92 Å². The molecule has 16 heavy (non-hydrogen) atoms. The van der Waals surface area contributed by atoms with Crippen molar-refractivity contribution < 1.29 is 0 Å². The Hall–Kier alpha value is -0.480. The molecule has 92 valence electrons. The first-order valence-electron chi connectivity index (χ1n) is 5.93. The number of rotatable bonds is 8. The minimum absolute atomic E-state index is 0.694. The van der Waals surface area contributed by atoms with Crippen LogP contribution >= 0.6 is 11.8 Å². The summed E-state index contributed by atoms with van der Waals surface area (Å²) in [5.74, 6) is 3.07. The molecule has 0 aliphatic carbocycles. The van der Waals surface area contributed by atoms with Crippen molar-refractivity contribution in [3.63, 3.8) is 0 Å². The van der Waals surface area contributed by atoms with Crippen LogP contribution in [0.1, 0.15) is 26.1 Å². The van der Waals surface area contributed by atoms with Gasteiger partial charge in [0.15, 0.2) is 0 Å². The van der Waals surface area contributed by atoms with E-state index >= 15 is 0 Å². The molecule has 3 nitrogen and oxygen atoms in total. The Labute approximate surface area is 103 Å². The molecule has 0 amide bonds. The summed E-state index contributed by atoms with van der Waals surface area (Å²) in [6.45, 7) is 7.46. The molecule has 1 rings (SSSR count). The van der Waals surface area contributed by atoms with Crippen molar-refractivity contribution in [1.82, 2.24) is 14.9 Å². The van der Waals surface area contributed by atoms with Gasteiger partial charge in [0.2, 0.25) is 0 Å². The van der Waals surface area contributed by atoms with Crippen LogP contribution in [0.25, 0.3) is 0 Å². The predicted octanol–water partition coefficient (Wildman–Crippen LogP) is 2.38. The Morgan fingerprint density at radius 1 is 1.50 bits per heavy atom. The number of imidazole rings is 1. The standard InChI is InChI=1S/C12H23N3S/c1-11(2)9-13-10-12-14-5-7-15(12)6-4-8-16-3/h5,7,11,13H,4,6,8-10H2,1-3H3. The number of hydrogen-bond acceptors (Lipinski definition) is 3. The summed E-state index contributed by atoms with van der Waals surface area (Å²) in [6.07, 6.45) is 7.34. The third-order valence-corrected chi connectivity index (χ3v) is 3.08. The Morgan fingerprint density at radius 2 is 2.31 bits per heavy atom.